The topological polar surface area (TPSA) is 54.9 Å². The van der Waals surface area contributed by atoms with Gasteiger partial charge in [-0.25, -0.2) is 0 Å². The van der Waals surface area contributed by atoms with Gasteiger partial charge in [-0.3, -0.25) is 4.99 Å². The number of hydrogen-bond donors (Lipinski definition) is 2. The van der Waals surface area contributed by atoms with E-state index in [1.165, 1.54) is 0 Å². The number of hydrogen-bond acceptors (Lipinski definition) is 3. The van der Waals surface area contributed by atoms with Crippen molar-refractivity contribution in [1.29, 1.82) is 0 Å². The third kappa shape index (κ3) is 6.03. The average Bonchev–Trinajstić information content (AvgIpc) is 2.65. The third-order valence-corrected chi connectivity index (χ3v) is 3.83. The number of ether oxygens (including phenoxy) is 2. The van der Waals surface area contributed by atoms with E-state index in [9.17, 15) is 0 Å². The highest BCUT2D eigenvalue weighted by Gasteiger charge is 2.03. The molecule has 0 spiro atoms. The number of rotatable bonds is 8. The van der Waals surface area contributed by atoms with Gasteiger partial charge in [0.2, 0.25) is 0 Å². The Hall–Kier alpha value is -2.69. The Morgan fingerprint density at radius 2 is 1.72 bits per heavy atom. The summed E-state index contributed by atoms with van der Waals surface area (Å²) in [6, 6.07) is 16.0. The SMILES string of the molecule is CN=C(NCCCOc1ccccc1C)NCc1ccccc1OC. The standard InChI is InChI=1S/C20H27N3O2/c1-16-9-4-6-11-18(16)25-14-8-13-22-20(21-2)23-15-17-10-5-7-12-19(17)24-3/h4-7,9-12H,8,13-15H2,1-3H3,(H2,21,22,23). The van der Waals surface area contributed by atoms with E-state index >= 15 is 0 Å². The summed E-state index contributed by atoms with van der Waals surface area (Å²) in [7, 11) is 3.45. The summed E-state index contributed by atoms with van der Waals surface area (Å²) in [5, 5.41) is 6.59. The molecule has 134 valence electrons. The highest BCUT2D eigenvalue weighted by atomic mass is 16.5. The summed E-state index contributed by atoms with van der Waals surface area (Å²) in [4.78, 5) is 4.24. The van der Waals surface area contributed by atoms with Crippen LogP contribution < -0.4 is 20.1 Å². The second kappa shape index (κ2) is 10.2. The lowest BCUT2D eigenvalue weighted by molar-refractivity contribution is 0.309. The highest BCUT2D eigenvalue weighted by molar-refractivity contribution is 5.79. The van der Waals surface area contributed by atoms with Gasteiger partial charge >= 0.3 is 0 Å². The van der Waals surface area contributed by atoms with Gasteiger partial charge in [0.25, 0.3) is 0 Å². The molecule has 5 nitrogen and oxygen atoms in total. The van der Waals surface area contributed by atoms with Crippen LogP contribution in [0, 0.1) is 6.92 Å². The van der Waals surface area contributed by atoms with Crippen LogP contribution in [0.2, 0.25) is 0 Å². The molecule has 2 aromatic rings. The molecule has 25 heavy (non-hydrogen) atoms. The molecular weight excluding hydrogens is 314 g/mol. The van der Waals surface area contributed by atoms with Crippen molar-refractivity contribution >= 4 is 5.96 Å². The van der Waals surface area contributed by atoms with Crippen molar-refractivity contribution < 1.29 is 9.47 Å². The van der Waals surface area contributed by atoms with Gasteiger partial charge in [0.05, 0.1) is 13.7 Å². The van der Waals surface area contributed by atoms with E-state index in [0.717, 1.165) is 41.6 Å². The first-order valence-corrected chi connectivity index (χ1v) is 8.49. The monoisotopic (exact) mass is 341 g/mol. The molecule has 0 saturated carbocycles. The average molecular weight is 341 g/mol. The van der Waals surface area contributed by atoms with Crippen LogP contribution in [-0.2, 0) is 6.54 Å². The number of nitrogens with one attached hydrogen (secondary N) is 2. The zero-order valence-corrected chi connectivity index (χ0v) is 15.2. The lowest BCUT2D eigenvalue weighted by Crippen LogP contribution is -2.37. The van der Waals surface area contributed by atoms with Gasteiger partial charge < -0.3 is 20.1 Å². The Bertz CT molecular complexity index is 686. The lowest BCUT2D eigenvalue weighted by Gasteiger charge is -2.14. The predicted molar refractivity (Wildman–Crippen MR) is 102 cm³/mol. The minimum atomic E-state index is 0.656. The van der Waals surface area contributed by atoms with Gasteiger partial charge in [0.1, 0.15) is 11.5 Å². The van der Waals surface area contributed by atoms with Crippen LogP contribution in [0.1, 0.15) is 17.5 Å². The second-order valence-electron chi connectivity index (χ2n) is 5.63. The Labute approximate surface area is 150 Å². The predicted octanol–water partition coefficient (Wildman–Crippen LogP) is 3.14. The maximum atomic E-state index is 5.79. The maximum Gasteiger partial charge on any atom is 0.191 e. The number of aliphatic imine (C=N–C) groups is 1. The van der Waals surface area contributed by atoms with Crippen molar-refractivity contribution in [3.05, 3.63) is 59.7 Å². The summed E-state index contributed by atoms with van der Waals surface area (Å²) in [5.74, 6) is 2.58. The third-order valence-electron chi connectivity index (χ3n) is 3.83. The van der Waals surface area contributed by atoms with Gasteiger partial charge in [0, 0.05) is 25.7 Å². The van der Waals surface area contributed by atoms with Crippen molar-refractivity contribution in [3.8, 4) is 11.5 Å². The Morgan fingerprint density at radius 1 is 1.00 bits per heavy atom. The molecular formula is C20H27N3O2. The molecule has 0 amide bonds. The van der Waals surface area contributed by atoms with Crippen molar-refractivity contribution in [2.45, 2.75) is 19.9 Å². The van der Waals surface area contributed by atoms with Gasteiger partial charge in [-0.05, 0) is 31.0 Å². The van der Waals surface area contributed by atoms with Crippen LogP contribution in [0.5, 0.6) is 11.5 Å². The van der Waals surface area contributed by atoms with E-state index in [0.29, 0.717) is 13.2 Å². The van der Waals surface area contributed by atoms with E-state index in [2.05, 4.69) is 28.6 Å². The number of guanidine groups is 1. The molecule has 0 fully saturated rings. The second-order valence-corrected chi connectivity index (χ2v) is 5.63. The molecule has 2 rings (SSSR count). The maximum absolute atomic E-state index is 5.79. The van der Waals surface area contributed by atoms with Gasteiger partial charge in [0.15, 0.2) is 5.96 Å². The van der Waals surface area contributed by atoms with E-state index in [1.807, 2.05) is 42.5 Å². The molecule has 2 N–H and O–H groups in total. The fraction of sp³-hybridized carbons (Fsp3) is 0.350. The first-order valence-electron chi connectivity index (χ1n) is 8.49. The van der Waals surface area contributed by atoms with Crippen LogP contribution in [0.3, 0.4) is 0 Å². The summed E-state index contributed by atoms with van der Waals surface area (Å²) < 4.78 is 11.2. The summed E-state index contributed by atoms with van der Waals surface area (Å²) in [6.45, 7) is 4.17. The number of methoxy groups -OCH3 is 1. The molecule has 2 aromatic carbocycles. The van der Waals surface area contributed by atoms with E-state index in [-0.39, 0.29) is 0 Å². The normalized spacial score (nSPS) is 11.1. The van der Waals surface area contributed by atoms with Crippen LogP contribution in [0.15, 0.2) is 53.5 Å². The van der Waals surface area contributed by atoms with E-state index < -0.39 is 0 Å². The van der Waals surface area contributed by atoms with Crippen molar-refractivity contribution in [2.75, 3.05) is 27.3 Å². The molecule has 0 unspecified atom stereocenters. The Morgan fingerprint density at radius 3 is 2.44 bits per heavy atom. The molecule has 0 aromatic heterocycles. The molecule has 0 heterocycles. The smallest absolute Gasteiger partial charge is 0.191 e. The number of nitrogens with zero attached hydrogens (tertiary/aromatic N) is 1. The van der Waals surface area contributed by atoms with E-state index in [1.54, 1.807) is 14.2 Å². The van der Waals surface area contributed by atoms with Crippen molar-refractivity contribution in [1.82, 2.24) is 10.6 Å². The first kappa shape index (κ1) is 18.6. The van der Waals surface area contributed by atoms with Crippen molar-refractivity contribution in [2.24, 2.45) is 4.99 Å². The summed E-state index contributed by atoms with van der Waals surface area (Å²) >= 11 is 0. The van der Waals surface area contributed by atoms with Gasteiger partial charge in [-0.15, -0.1) is 0 Å². The van der Waals surface area contributed by atoms with Gasteiger partial charge in [-0.1, -0.05) is 36.4 Å². The molecule has 0 aliphatic carbocycles. The molecule has 0 bridgehead atoms. The Kier molecular flexibility index (Phi) is 7.63. The molecule has 0 saturated heterocycles. The molecule has 0 atom stereocenters. The number of aryl methyl sites for hydroxylation is 1. The largest absolute Gasteiger partial charge is 0.496 e. The van der Waals surface area contributed by atoms with Crippen LogP contribution in [-0.4, -0.2) is 33.3 Å². The molecule has 5 heteroatoms. The van der Waals surface area contributed by atoms with Crippen LogP contribution in [0.25, 0.3) is 0 Å². The quantitative estimate of drug-likeness (QED) is 0.440. The molecule has 0 aliphatic rings. The summed E-state index contributed by atoms with van der Waals surface area (Å²) in [6.07, 6.45) is 0.893. The first-order chi connectivity index (χ1) is 12.2. The van der Waals surface area contributed by atoms with Gasteiger partial charge in [-0.2, -0.15) is 0 Å². The minimum absolute atomic E-state index is 0.656. The fourth-order valence-electron chi connectivity index (χ4n) is 2.43. The van der Waals surface area contributed by atoms with Crippen molar-refractivity contribution in [3.63, 3.8) is 0 Å². The van der Waals surface area contributed by atoms with Crippen LogP contribution in [0.4, 0.5) is 0 Å². The molecule has 0 radical (unpaired) electrons. The van der Waals surface area contributed by atoms with Crippen LogP contribution >= 0.6 is 0 Å². The zero-order chi connectivity index (χ0) is 17.9. The minimum Gasteiger partial charge on any atom is -0.496 e. The Balaban J connectivity index is 1.69. The highest BCUT2D eigenvalue weighted by Crippen LogP contribution is 2.17. The number of benzene rings is 2. The van der Waals surface area contributed by atoms with E-state index in [4.69, 9.17) is 9.47 Å². The fourth-order valence-corrected chi connectivity index (χ4v) is 2.43. The lowest BCUT2D eigenvalue weighted by atomic mass is 10.2. The number of para-hydroxylation sites is 2. The zero-order valence-electron chi connectivity index (χ0n) is 15.2. The molecule has 0 aliphatic heterocycles. The summed E-state index contributed by atoms with van der Waals surface area (Å²) in [5.41, 5.74) is 2.25.